The summed E-state index contributed by atoms with van der Waals surface area (Å²) in [6.07, 6.45) is 1.09. The molecule has 0 aromatic heterocycles. The van der Waals surface area contributed by atoms with Crippen LogP contribution in [0.1, 0.15) is 22.3 Å². The molecule has 144 valence electrons. The van der Waals surface area contributed by atoms with Crippen LogP contribution in [0.2, 0.25) is 0 Å². The lowest BCUT2D eigenvalue weighted by atomic mass is 10.00. The van der Waals surface area contributed by atoms with Crippen molar-refractivity contribution >= 4 is 6.03 Å². The molecule has 5 nitrogen and oxygen atoms in total. The number of benzene rings is 2. The zero-order valence-corrected chi connectivity index (χ0v) is 16.4. The van der Waals surface area contributed by atoms with Gasteiger partial charge in [0.1, 0.15) is 0 Å². The van der Waals surface area contributed by atoms with E-state index in [0.717, 1.165) is 38.2 Å². The van der Waals surface area contributed by atoms with E-state index in [2.05, 4.69) is 70.9 Å². The smallest absolute Gasteiger partial charge is 0.315 e. The van der Waals surface area contributed by atoms with Gasteiger partial charge in [-0.05, 0) is 42.8 Å². The second-order valence-corrected chi connectivity index (χ2v) is 7.46. The molecule has 0 atom stereocenters. The van der Waals surface area contributed by atoms with Gasteiger partial charge in [-0.15, -0.1) is 0 Å². The Kier molecular flexibility index (Phi) is 6.85. The molecule has 2 aromatic rings. The van der Waals surface area contributed by atoms with Crippen LogP contribution < -0.4 is 10.6 Å². The van der Waals surface area contributed by atoms with Gasteiger partial charge in [0.15, 0.2) is 0 Å². The molecule has 2 N–H and O–H groups in total. The number of amides is 2. The fraction of sp³-hybridized carbons (Fsp3) is 0.409. The van der Waals surface area contributed by atoms with Gasteiger partial charge in [-0.3, -0.25) is 4.90 Å². The Labute approximate surface area is 162 Å². The highest BCUT2D eigenvalue weighted by atomic mass is 16.2. The van der Waals surface area contributed by atoms with Crippen molar-refractivity contribution in [1.29, 1.82) is 0 Å². The average molecular weight is 367 g/mol. The van der Waals surface area contributed by atoms with Gasteiger partial charge in [-0.1, -0.05) is 48.5 Å². The highest BCUT2D eigenvalue weighted by Crippen LogP contribution is 2.17. The van der Waals surface area contributed by atoms with E-state index in [0.29, 0.717) is 13.1 Å². The van der Waals surface area contributed by atoms with Crippen LogP contribution in [-0.2, 0) is 26.1 Å². The van der Waals surface area contributed by atoms with E-state index in [9.17, 15) is 4.79 Å². The van der Waals surface area contributed by atoms with Crippen LogP contribution in [0.25, 0.3) is 0 Å². The maximum atomic E-state index is 12.1. The van der Waals surface area contributed by atoms with E-state index in [4.69, 9.17) is 0 Å². The minimum absolute atomic E-state index is 0.106. The first-order chi connectivity index (χ1) is 13.1. The highest BCUT2D eigenvalue weighted by molar-refractivity contribution is 5.73. The molecule has 2 aromatic carbocycles. The number of carbonyl (C=O) groups is 1. The highest BCUT2D eigenvalue weighted by Gasteiger charge is 2.15. The van der Waals surface area contributed by atoms with Crippen molar-refractivity contribution < 1.29 is 4.79 Å². The summed E-state index contributed by atoms with van der Waals surface area (Å²) < 4.78 is 0. The van der Waals surface area contributed by atoms with Gasteiger partial charge in [0.2, 0.25) is 0 Å². The molecule has 0 bridgehead atoms. The normalized spacial score (nSPS) is 14.0. The minimum atomic E-state index is -0.106. The standard InChI is InChI=1S/C22H30N4O/c1-25(2)16-19-7-5-6-18(14-19)15-24-22(27)23-11-13-26-12-10-20-8-3-4-9-21(20)17-26/h3-9,14H,10-13,15-17H2,1-2H3,(H2,23,24,27). The molecule has 0 unspecified atom stereocenters. The lowest BCUT2D eigenvalue weighted by Gasteiger charge is -2.28. The molecule has 27 heavy (non-hydrogen) atoms. The maximum Gasteiger partial charge on any atom is 0.315 e. The largest absolute Gasteiger partial charge is 0.337 e. The van der Waals surface area contributed by atoms with Crippen LogP contribution in [0.3, 0.4) is 0 Å². The molecular weight excluding hydrogens is 336 g/mol. The van der Waals surface area contributed by atoms with Crippen molar-refractivity contribution in [1.82, 2.24) is 20.4 Å². The molecule has 0 fully saturated rings. The van der Waals surface area contributed by atoms with Crippen molar-refractivity contribution in [3.63, 3.8) is 0 Å². The number of nitrogens with zero attached hydrogens (tertiary/aromatic N) is 2. The third-order valence-corrected chi connectivity index (χ3v) is 4.87. The molecular formula is C22H30N4O. The second-order valence-electron chi connectivity index (χ2n) is 7.46. The van der Waals surface area contributed by atoms with Gasteiger partial charge >= 0.3 is 6.03 Å². The predicted octanol–water partition coefficient (Wildman–Crippen LogP) is 2.61. The van der Waals surface area contributed by atoms with Crippen LogP contribution >= 0.6 is 0 Å². The summed E-state index contributed by atoms with van der Waals surface area (Å²) >= 11 is 0. The second kappa shape index (κ2) is 9.53. The van der Waals surface area contributed by atoms with Crippen molar-refractivity contribution in [2.24, 2.45) is 0 Å². The Hall–Kier alpha value is -2.37. The van der Waals surface area contributed by atoms with Crippen LogP contribution in [0, 0.1) is 0 Å². The summed E-state index contributed by atoms with van der Waals surface area (Å²) in [6, 6.07) is 16.9. The fourth-order valence-electron chi connectivity index (χ4n) is 3.52. The Bertz CT molecular complexity index is 759. The van der Waals surface area contributed by atoms with E-state index in [1.54, 1.807) is 0 Å². The fourth-order valence-corrected chi connectivity index (χ4v) is 3.52. The lowest BCUT2D eigenvalue weighted by Crippen LogP contribution is -2.41. The van der Waals surface area contributed by atoms with Crippen LogP contribution in [0.5, 0.6) is 0 Å². The molecule has 0 saturated heterocycles. The molecule has 1 aliphatic heterocycles. The molecule has 0 aliphatic carbocycles. The van der Waals surface area contributed by atoms with E-state index < -0.39 is 0 Å². The number of fused-ring (bicyclic) bond motifs is 1. The topological polar surface area (TPSA) is 47.6 Å². The summed E-state index contributed by atoms with van der Waals surface area (Å²) in [5.74, 6) is 0. The summed E-state index contributed by atoms with van der Waals surface area (Å²) in [7, 11) is 4.11. The Morgan fingerprint density at radius 1 is 1.04 bits per heavy atom. The number of hydrogen-bond donors (Lipinski definition) is 2. The predicted molar refractivity (Wildman–Crippen MR) is 109 cm³/mol. The van der Waals surface area contributed by atoms with Gasteiger partial charge in [0.05, 0.1) is 0 Å². The number of hydrogen-bond acceptors (Lipinski definition) is 3. The molecule has 5 heteroatoms. The molecule has 0 spiro atoms. The molecule has 1 aliphatic rings. The number of nitrogens with one attached hydrogen (secondary N) is 2. The number of rotatable bonds is 7. The van der Waals surface area contributed by atoms with Crippen molar-refractivity contribution in [2.45, 2.75) is 26.1 Å². The Morgan fingerprint density at radius 3 is 2.63 bits per heavy atom. The van der Waals surface area contributed by atoms with Gasteiger partial charge in [-0.25, -0.2) is 4.79 Å². The third-order valence-electron chi connectivity index (χ3n) is 4.87. The van der Waals surface area contributed by atoms with Crippen molar-refractivity contribution in [2.75, 3.05) is 33.7 Å². The van der Waals surface area contributed by atoms with Gasteiger partial charge in [-0.2, -0.15) is 0 Å². The quantitative estimate of drug-likeness (QED) is 0.792. The zero-order valence-electron chi connectivity index (χ0n) is 16.4. The molecule has 3 rings (SSSR count). The van der Waals surface area contributed by atoms with Gasteiger partial charge in [0, 0.05) is 39.3 Å². The van der Waals surface area contributed by atoms with Crippen LogP contribution in [0.15, 0.2) is 48.5 Å². The molecule has 0 saturated carbocycles. The van der Waals surface area contributed by atoms with E-state index >= 15 is 0 Å². The van der Waals surface area contributed by atoms with Crippen molar-refractivity contribution in [3.8, 4) is 0 Å². The lowest BCUT2D eigenvalue weighted by molar-refractivity contribution is 0.230. The summed E-state index contributed by atoms with van der Waals surface area (Å²) in [5, 5.41) is 5.92. The van der Waals surface area contributed by atoms with Gasteiger partial charge in [0.25, 0.3) is 0 Å². The first-order valence-corrected chi connectivity index (χ1v) is 9.63. The van der Waals surface area contributed by atoms with Crippen LogP contribution in [-0.4, -0.2) is 49.6 Å². The SMILES string of the molecule is CN(C)Cc1cccc(CNC(=O)NCCN2CCc3ccccc3C2)c1. The zero-order chi connectivity index (χ0) is 19.1. The maximum absolute atomic E-state index is 12.1. The van der Waals surface area contributed by atoms with Crippen molar-refractivity contribution in [3.05, 3.63) is 70.8 Å². The molecule has 0 radical (unpaired) electrons. The summed E-state index contributed by atoms with van der Waals surface area (Å²) in [5.41, 5.74) is 5.24. The number of urea groups is 1. The van der Waals surface area contributed by atoms with E-state index in [1.807, 2.05) is 12.1 Å². The van der Waals surface area contributed by atoms with E-state index in [-0.39, 0.29) is 6.03 Å². The summed E-state index contributed by atoms with van der Waals surface area (Å²) in [6.45, 7) is 5.01. The molecule has 2 amide bonds. The molecule has 1 heterocycles. The first kappa shape index (κ1) is 19.4. The van der Waals surface area contributed by atoms with Gasteiger partial charge < -0.3 is 15.5 Å². The Morgan fingerprint density at radius 2 is 1.81 bits per heavy atom. The van der Waals surface area contributed by atoms with E-state index in [1.165, 1.54) is 16.7 Å². The average Bonchev–Trinajstić information content (AvgIpc) is 2.66. The first-order valence-electron chi connectivity index (χ1n) is 9.63. The monoisotopic (exact) mass is 366 g/mol. The third kappa shape index (κ3) is 6.08. The minimum Gasteiger partial charge on any atom is -0.337 e. The van der Waals surface area contributed by atoms with Crippen LogP contribution in [0.4, 0.5) is 4.79 Å². The summed E-state index contributed by atoms with van der Waals surface area (Å²) in [4.78, 5) is 16.6. The Balaban J connectivity index is 1.37. The number of carbonyl (C=O) groups excluding carboxylic acids is 1.